The van der Waals surface area contributed by atoms with Gasteiger partial charge in [-0.1, -0.05) is 43.3 Å². The lowest BCUT2D eigenvalue weighted by Gasteiger charge is -2.39. The molecule has 1 aliphatic heterocycles. The van der Waals surface area contributed by atoms with Crippen molar-refractivity contribution in [3.05, 3.63) is 71.3 Å². The van der Waals surface area contributed by atoms with Crippen LogP contribution in [0.25, 0.3) is 0 Å². The van der Waals surface area contributed by atoms with Crippen LogP contribution in [0.2, 0.25) is 0 Å². The molecule has 1 amide bonds. The van der Waals surface area contributed by atoms with E-state index in [1.54, 1.807) is 0 Å². The molecule has 0 aromatic heterocycles. The van der Waals surface area contributed by atoms with Crippen molar-refractivity contribution in [1.82, 2.24) is 9.80 Å². The molecule has 1 heterocycles. The number of hydrogen-bond donors (Lipinski definition) is 1. The molecule has 0 aliphatic carbocycles. The van der Waals surface area contributed by atoms with Crippen LogP contribution in [0.5, 0.6) is 0 Å². The Morgan fingerprint density at radius 2 is 1.57 bits per heavy atom. The summed E-state index contributed by atoms with van der Waals surface area (Å²) in [5.74, 6) is -1.39. The van der Waals surface area contributed by atoms with Crippen LogP contribution < -0.4 is 5.73 Å². The van der Waals surface area contributed by atoms with Crippen molar-refractivity contribution < 1.29 is 13.6 Å². The molecule has 2 aromatic carbocycles. The SMILES string of the molecule is CC(C(=O)N1CCN(C(C)c2ccc(F)cc2F)CC1)C(N)c1ccccc1.Cl.Cl. The highest BCUT2D eigenvalue weighted by atomic mass is 35.5. The Hall–Kier alpha value is -1.73. The molecule has 1 aliphatic rings. The zero-order valence-electron chi connectivity index (χ0n) is 17.1. The van der Waals surface area contributed by atoms with E-state index in [2.05, 4.69) is 4.90 Å². The summed E-state index contributed by atoms with van der Waals surface area (Å²) in [6.07, 6.45) is 0. The van der Waals surface area contributed by atoms with Crippen molar-refractivity contribution in [2.45, 2.75) is 25.9 Å². The van der Waals surface area contributed by atoms with Gasteiger partial charge in [-0.25, -0.2) is 8.78 Å². The number of piperazine rings is 1. The maximum atomic E-state index is 14.1. The Bertz CT molecular complexity index is 817. The summed E-state index contributed by atoms with van der Waals surface area (Å²) in [4.78, 5) is 16.8. The van der Waals surface area contributed by atoms with E-state index in [0.717, 1.165) is 11.6 Å². The number of nitrogens with two attached hydrogens (primary N) is 1. The molecule has 0 saturated carbocycles. The number of halogens is 4. The topological polar surface area (TPSA) is 49.6 Å². The molecule has 1 fully saturated rings. The van der Waals surface area contributed by atoms with Crippen LogP contribution in [0.1, 0.15) is 37.1 Å². The zero-order chi connectivity index (χ0) is 20.3. The van der Waals surface area contributed by atoms with Crippen molar-refractivity contribution in [3.63, 3.8) is 0 Å². The Labute approximate surface area is 189 Å². The third-order valence-corrected chi connectivity index (χ3v) is 5.70. The monoisotopic (exact) mass is 459 g/mol. The minimum atomic E-state index is -0.576. The Morgan fingerprint density at radius 3 is 2.13 bits per heavy atom. The summed E-state index contributed by atoms with van der Waals surface area (Å²) < 4.78 is 27.2. The molecular formula is C22H29Cl2F2N3O. The van der Waals surface area contributed by atoms with E-state index in [9.17, 15) is 13.6 Å². The van der Waals surface area contributed by atoms with E-state index < -0.39 is 11.6 Å². The molecule has 0 spiro atoms. The van der Waals surface area contributed by atoms with E-state index in [1.165, 1.54) is 12.1 Å². The lowest BCUT2D eigenvalue weighted by atomic mass is 9.94. The molecule has 3 atom stereocenters. The minimum Gasteiger partial charge on any atom is -0.340 e. The number of rotatable bonds is 5. The molecule has 3 unspecified atom stereocenters. The zero-order valence-corrected chi connectivity index (χ0v) is 18.8. The Morgan fingerprint density at radius 1 is 0.967 bits per heavy atom. The molecular weight excluding hydrogens is 431 g/mol. The Balaban J connectivity index is 0.00000225. The molecule has 3 rings (SSSR count). The first-order chi connectivity index (χ1) is 13.4. The van der Waals surface area contributed by atoms with Crippen molar-refractivity contribution in [1.29, 1.82) is 0 Å². The molecule has 8 heteroatoms. The van der Waals surface area contributed by atoms with E-state index in [4.69, 9.17) is 5.73 Å². The maximum Gasteiger partial charge on any atom is 0.227 e. The molecule has 2 N–H and O–H groups in total. The van der Waals surface area contributed by atoms with Crippen molar-refractivity contribution in [2.24, 2.45) is 11.7 Å². The van der Waals surface area contributed by atoms with Gasteiger partial charge >= 0.3 is 0 Å². The number of amides is 1. The van der Waals surface area contributed by atoms with Gasteiger partial charge in [-0.05, 0) is 18.6 Å². The van der Waals surface area contributed by atoms with Crippen molar-refractivity contribution in [2.75, 3.05) is 26.2 Å². The largest absolute Gasteiger partial charge is 0.340 e. The van der Waals surface area contributed by atoms with Crippen LogP contribution in [0, 0.1) is 17.6 Å². The molecule has 166 valence electrons. The number of hydrogen-bond acceptors (Lipinski definition) is 3. The second-order valence-corrected chi connectivity index (χ2v) is 7.43. The molecule has 4 nitrogen and oxygen atoms in total. The summed E-state index contributed by atoms with van der Waals surface area (Å²) >= 11 is 0. The smallest absolute Gasteiger partial charge is 0.227 e. The van der Waals surface area contributed by atoms with Gasteiger partial charge in [-0.3, -0.25) is 9.69 Å². The minimum absolute atomic E-state index is 0. The van der Waals surface area contributed by atoms with Gasteiger partial charge in [0.05, 0.1) is 5.92 Å². The average Bonchev–Trinajstić information content (AvgIpc) is 2.72. The van der Waals surface area contributed by atoms with Gasteiger partial charge in [0.1, 0.15) is 11.6 Å². The molecule has 30 heavy (non-hydrogen) atoms. The van der Waals surface area contributed by atoms with E-state index in [-0.39, 0.29) is 48.7 Å². The van der Waals surface area contributed by atoms with Crippen molar-refractivity contribution >= 4 is 30.7 Å². The normalized spacial score (nSPS) is 17.3. The van der Waals surface area contributed by atoms with Gasteiger partial charge in [0.2, 0.25) is 5.91 Å². The molecule has 0 bridgehead atoms. The first-order valence-corrected chi connectivity index (χ1v) is 9.66. The highest BCUT2D eigenvalue weighted by Crippen LogP contribution is 2.26. The van der Waals surface area contributed by atoms with Gasteiger partial charge in [0.15, 0.2) is 0 Å². The fourth-order valence-corrected chi connectivity index (χ4v) is 3.77. The van der Waals surface area contributed by atoms with E-state index >= 15 is 0 Å². The molecule has 0 radical (unpaired) electrons. The first kappa shape index (κ1) is 26.3. The summed E-state index contributed by atoms with van der Waals surface area (Å²) in [7, 11) is 0. The fraction of sp³-hybridized carbons (Fsp3) is 0.409. The van der Waals surface area contributed by atoms with Gasteiger partial charge < -0.3 is 10.6 Å². The molecule has 1 saturated heterocycles. The number of carbonyl (C=O) groups is 1. The lowest BCUT2D eigenvalue weighted by molar-refractivity contribution is -0.137. The second-order valence-electron chi connectivity index (χ2n) is 7.43. The summed E-state index contributed by atoms with van der Waals surface area (Å²) in [6, 6.07) is 12.8. The average molecular weight is 460 g/mol. The predicted octanol–water partition coefficient (Wildman–Crippen LogP) is 4.35. The highest BCUT2D eigenvalue weighted by Gasteiger charge is 2.30. The van der Waals surface area contributed by atoms with Gasteiger partial charge in [-0.2, -0.15) is 0 Å². The van der Waals surface area contributed by atoms with Gasteiger partial charge in [0.25, 0.3) is 0 Å². The standard InChI is InChI=1S/C22H27F2N3O.2ClH/c1-15(21(25)17-6-4-3-5-7-17)22(28)27-12-10-26(11-13-27)16(2)19-9-8-18(23)14-20(19)24;;/h3-9,14-16,21H,10-13,25H2,1-2H3;2*1H. The predicted molar refractivity (Wildman–Crippen MR) is 120 cm³/mol. The lowest BCUT2D eigenvalue weighted by Crippen LogP contribution is -2.51. The van der Waals surface area contributed by atoms with Crippen LogP contribution >= 0.6 is 24.8 Å². The third kappa shape index (κ3) is 5.91. The number of carbonyl (C=O) groups excluding carboxylic acids is 1. The quantitative estimate of drug-likeness (QED) is 0.722. The van der Waals surface area contributed by atoms with E-state index in [1.807, 2.05) is 49.1 Å². The summed E-state index contributed by atoms with van der Waals surface area (Å²) in [5.41, 5.74) is 7.72. The first-order valence-electron chi connectivity index (χ1n) is 9.66. The van der Waals surface area contributed by atoms with Crippen molar-refractivity contribution in [3.8, 4) is 0 Å². The maximum absolute atomic E-state index is 14.1. The van der Waals surface area contributed by atoms with Crippen LogP contribution in [0.3, 0.4) is 0 Å². The van der Waals surface area contributed by atoms with Crippen LogP contribution in [-0.4, -0.2) is 41.9 Å². The fourth-order valence-electron chi connectivity index (χ4n) is 3.77. The van der Waals surface area contributed by atoms with E-state index in [0.29, 0.717) is 31.7 Å². The Kier molecular flexibility index (Phi) is 10.2. The van der Waals surface area contributed by atoms with Gasteiger partial charge in [-0.15, -0.1) is 24.8 Å². The third-order valence-electron chi connectivity index (χ3n) is 5.70. The highest BCUT2D eigenvalue weighted by molar-refractivity contribution is 5.85. The van der Waals surface area contributed by atoms with Gasteiger partial charge in [0, 0.05) is 49.9 Å². The number of nitrogens with zero attached hydrogens (tertiary/aromatic N) is 2. The van der Waals surface area contributed by atoms with Crippen LogP contribution in [0.15, 0.2) is 48.5 Å². The number of benzene rings is 2. The van der Waals surface area contributed by atoms with Crippen LogP contribution in [-0.2, 0) is 4.79 Å². The summed E-state index contributed by atoms with van der Waals surface area (Å²) in [5, 5.41) is 0. The molecule has 2 aromatic rings. The second kappa shape index (κ2) is 11.6. The summed E-state index contributed by atoms with van der Waals surface area (Å²) in [6.45, 7) is 6.17. The van der Waals surface area contributed by atoms with Crippen LogP contribution in [0.4, 0.5) is 8.78 Å².